The summed E-state index contributed by atoms with van der Waals surface area (Å²) in [5.41, 5.74) is -0.815. The summed E-state index contributed by atoms with van der Waals surface area (Å²) in [4.78, 5) is 24.2. The maximum atomic E-state index is 13.7. The van der Waals surface area contributed by atoms with E-state index in [4.69, 9.17) is 4.74 Å². The zero-order chi connectivity index (χ0) is 22.0. The largest absolute Gasteiger partial charge is 0.444 e. The topological polar surface area (TPSA) is 64.6 Å². The Balaban J connectivity index is 3.06. The summed E-state index contributed by atoms with van der Waals surface area (Å²) < 4.78 is 76.5. The molecule has 0 aliphatic heterocycles. The summed E-state index contributed by atoms with van der Waals surface area (Å²) in [5, 5.41) is 2.44. The van der Waals surface area contributed by atoms with E-state index in [9.17, 15) is 31.5 Å². The Hall–Kier alpha value is -2.39. The first kappa shape index (κ1) is 23.6. The van der Waals surface area contributed by atoms with Crippen molar-refractivity contribution in [2.45, 2.75) is 53.2 Å². The number of halogens is 5. The molecule has 2 atom stereocenters. The molecule has 0 spiro atoms. The van der Waals surface area contributed by atoms with Crippen molar-refractivity contribution in [1.82, 2.24) is 5.32 Å². The standard InChI is InChI=1S/C18H22F5NO4/c1-7(2)14(24-17(26)28-18(4,5)6)8(3)16(25)27-15-12(22)10(20)9(19)11(21)13(15)23/h7-8,14H,1-6H3,(H,24,26). The maximum Gasteiger partial charge on any atom is 0.407 e. The monoisotopic (exact) mass is 411 g/mol. The van der Waals surface area contributed by atoms with Gasteiger partial charge in [0.2, 0.25) is 34.8 Å². The fourth-order valence-corrected chi connectivity index (χ4v) is 2.33. The van der Waals surface area contributed by atoms with Gasteiger partial charge in [0.05, 0.1) is 5.92 Å². The molecule has 1 aromatic carbocycles. The van der Waals surface area contributed by atoms with Crippen LogP contribution in [0.25, 0.3) is 0 Å². The minimum absolute atomic E-state index is 0.355. The smallest absolute Gasteiger partial charge is 0.407 e. The Labute approximate surface area is 159 Å². The average Bonchev–Trinajstić information content (AvgIpc) is 2.57. The molecule has 1 aromatic rings. The summed E-state index contributed by atoms with van der Waals surface area (Å²) >= 11 is 0. The van der Waals surface area contributed by atoms with Crippen LogP contribution < -0.4 is 10.1 Å². The van der Waals surface area contributed by atoms with Crippen LogP contribution in [0.15, 0.2) is 0 Å². The molecule has 0 radical (unpaired) electrons. The van der Waals surface area contributed by atoms with Gasteiger partial charge in [-0.1, -0.05) is 13.8 Å². The minimum Gasteiger partial charge on any atom is -0.444 e. The van der Waals surface area contributed by atoms with Crippen molar-refractivity contribution in [3.63, 3.8) is 0 Å². The number of esters is 1. The van der Waals surface area contributed by atoms with Gasteiger partial charge in [-0.05, 0) is 33.6 Å². The number of nitrogens with one attached hydrogen (secondary N) is 1. The molecular weight excluding hydrogens is 389 g/mol. The van der Waals surface area contributed by atoms with Gasteiger partial charge < -0.3 is 14.8 Å². The lowest BCUT2D eigenvalue weighted by Crippen LogP contribution is -2.48. The van der Waals surface area contributed by atoms with Crippen molar-refractivity contribution >= 4 is 12.1 Å². The second kappa shape index (κ2) is 8.74. The van der Waals surface area contributed by atoms with E-state index in [1.54, 1.807) is 34.6 Å². The average molecular weight is 411 g/mol. The van der Waals surface area contributed by atoms with E-state index in [1.165, 1.54) is 6.92 Å². The van der Waals surface area contributed by atoms with E-state index in [1.807, 2.05) is 0 Å². The van der Waals surface area contributed by atoms with Gasteiger partial charge in [0, 0.05) is 6.04 Å². The van der Waals surface area contributed by atoms with Gasteiger partial charge in [-0.25, -0.2) is 18.0 Å². The molecule has 5 nitrogen and oxygen atoms in total. The SMILES string of the molecule is CC(C)C(NC(=O)OC(C)(C)C)C(C)C(=O)Oc1c(F)c(F)c(F)c(F)c1F. The van der Waals surface area contributed by atoms with Gasteiger partial charge in [-0.3, -0.25) is 4.79 Å². The van der Waals surface area contributed by atoms with Gasteiger partial charge >= 0.3 is 12.1 Å². The molecule has 1 rings (SSSR count). The van der Waals surface area contributed by atoms with Gasteiger partial charge in [-0.2, -0.15) is 8.78 Å². The lowest BCUT2D eigenvalue weighted by molar-refractivity contribution is -0.140. The Bertz CT molecular complexity index is 732. The van der Waals surface area contributed by atoms with Crippen LogP contribution in [0.3, 0.4) is 0 Å². The van der Waals surface area contributed by atoms with E-state index in [2.05, 4.69) is 10.1 Å². The van der Waals surface area contributed by atoms with Crippen LogP contribution in [-0.4, -0.2) is 23.7 Å². The predicted octanol–water partition coefficient (Wildman–Crippen LogP) is 4.47. The number of alkyl carbamates (subject to hydrolysis) is 1. The molecule has 158 valence electrons. The fourth-order valence-electron chi connectivity index (χ4n) is 2.33. The van der Waals surface area contributed by atoms with Crippen LogP contribution in [0.4, 0.5) is 26.7 Å². The molecule has 0 aromatic heterocycles. The van der Waals surface area contributed by atoms with Crippen molar-refractivity contribution < 1.29 is 41.0 Å². The summed E-state index contributed by atoms with van der Waals surface area (Å²) in [6, 6.07) is -0.899. The molecule has 2 unspecified atom stereocenters. The first-order valence-electron chi connectivity index (χ1n) is 8.40. The molecule has 1 amide bonds. The Morgan fingerprint density at radius 2 is 1.29 bits per heavy atom. The van der Waals surface area contributed by atoms with Gasteiger partial charge in [0.1, 0.15) is 5.60 Å². The highest BCUT2D eigenvalue weighted by molar-refractivity contribution is 5.77. The first-order valence-corrected chi connectivity index (χ1v) is 8.40. The van der Waals surface area contributed by atoms with Crippen molar-refractivity contribution in [2.75, 3.05) is 0 Å². The third kappa shape index (κ3) is 5.56. The quantitative estimate of drug-likeness (QED) is 0.255. The fraction of sp³-hybridized carbons (Fsp3) is 0.556. The van der Waals surface area contributed by atoms with Crippen LogP contribution >= 0.6 is 0 Å². The number of benzene rings is 1. The minimum atomic E-state index is -2.37. The number of amides is 1. The molecule has 0 saturated carbocycles. The second-order valence-corrected chi connectivity index (χ2v) is 7.52. The van der Waals surface area contributed by atoms with Crippen LogP contribution in [0, 0.1) is 40.9 Å². The first-order chi connectivity index (χ1) is 12.7. The molecule has 10 heteroatoms. The van der Waals surface area contributed by atoms with E-state index >= 15 is 0 Å². The molecule has 0 aliphatic carbocycles. The highest BCUT2D eigenvalue weighted by Crippen LogP contribution is 2.30. The number of rotatable bonds is 5. The van der Waals surface area contributed by atoms with E-state index in [0.717, 1.165) is 0 Å². The zero-order valence-electron chi connectivity index (χ0n) is 16.3. The summed E-state index contributed by atoms with van der Waals surface area (Å²) in [5.74, 6) is -15.9. The number of hydrogen-bond donors (Lipinski definition) is 1. The van der Waals surface area contributed by atoms with Crippen molar-refractivity contribution in [3.8, 4) is 5.75 Å². The van der Waals surface area contributed by atoms with Crippen LogP contribution in [0.2, 0.25) is 0 Å². The van der Waals surface area contributed by atoms with Crippen LogP contribution in [-0.2, 0) is 9.53 Å². The normalized spacial score (nSPS) is 13.9. The summed E-state index contributed by atoms with van der Waals surface area (Å²) in [7, 11) is 0. The van der Waals surface area contributed by atoms with Crippen LogP contribution in [0.1, 0.15) is 41.5 Å². The van der Waals surface area contributed by atoms with Crippen molar-refractivity contribution in [1.29, 1.82) is 0 Å². The third-order valence-electron chi connectivity index (χ3n) is 3.68. The molecule has 0 saturated heterocycles. The van der Waals surface area contributed by atoms with Crippen LogP contribution in [0.5, 0.6) is 5.75 Å². The Kier molecular flexibility index (Phi) is 7.38. The lowest BCUT2D eigenvalue weighted by atomic mass is 9.92. The summed E-state index contributed by atoms with van der Waals surface area (Å²) in [6.07, 6.45) is -0.845. The highest BCUT2D eigenvalue weighted by Gasteiger charge is 2.34. The van der Waals surface area contributed by atoms with Crippen molar-refractivity contribution in [2.24, 2.45) is 11.8 Å². The second-order valence-electron chi connectivity index (χ2n) is 7.52. The van der Waals surface area contributed by atoms with Crippen molar-refractivity contribution in [3.05, 3.63) is 29.1 Å². The molecule has 28 heavy (non-hydrogen) atoms. The molecule has 1 N–H and O–H groups in total. The van der Waals surface area contributed by atoms with E-state index < -0.39 is 64.5 Å². The highest BCUT2D eigenvalue weighted by atomic mass is 19.2. The molecule has 0 aliphatic rings. The van der Waals surface area contributed by atoms with Gasteiger partial charge in [-0.15, -0.1) is 0 Å². The molecule has 0 fully saturated rings. The lowest BCUT2D eigenvalue weighted by Gasteiger charge is -2.29. The number of carbonyl (C=O) groups is 2. The predicted molar refractivity (Wildman–Crippen MR) is 89.0 cm³/mol. The molecule has 0 bridgehead atoms. The number of ether oxygens (including phenoxy) is 2. The Morgan fingerprint density at radius 1 is 0.857 bits per heavy atom. The van der Waals surface area contributed by atoms with Gasteiger partial charge in [0.25, 0.3) is 0 Å². The van der Waals surface area contributed by atoms with E-state index in [-0.39, 0.29) is 5.92 Å². The number of carbonyl (C=O) groups excluding carboxylic acids is 2. The Morgan fingerprint density at radius 3 is 1.68 bits per heavy atom. The zero-order valence-corrected chi connectivity index (χ0v) is 16.3. The third-order valence-corrected chi connectivity index (χ3v) is 3.68. The summed E-state index contributed by atoms with van der Waals surface area (Å²) in [6.45, 7) is 9.43. The van der Waals surface area contributed by atoms with E-state index in [0.29, 0.717) is 0 Å². The van der Waals surface area contributed by atoms with Gasteiger partial charge in [0.15, 0.2) is 0 Å². The maximum absolute atomic E-state index is 13.7. The molecule has 0 heterocycles. The molecular formula is C18H22F5NO4. The number of hydrogen-bond acceptors (Lipinski definition) is 4.